The van der Waals surface area contributed by atoms with E-state index in [2.05, 4.69) is 22.9 Å². The highest BCUT2D eigenvalue weighted by Gasteiger charge is 2.32. The normalized spacial score (nSPS) is 13.9. The number of H-pyrrole nitrogens is 1. The van der Waals surface area contributed by atoms with E-state index >= 15 is 0 Å². The van der Waals surface area contributed by atoms with Gasteiger partial charge in [-0.05, 0) is 29.3 Å². The number of aromatic amines is 1. The predicted octanol–water partition coefficient (Wildman–Crippen LogP) is 5.20. The first-order valence-corrected chi connectivity index (χ1v) is 11.1. The van der Waals surface area contributed by atoms with E-state index in [-0.39, 0.29) is 24.3 Å². The number of benzene rings is 3. The molecule has 5 nitrogen and oxygen atoms in total. The molecule has 2 N–H and O–H groups in total. The van der Waals surface area contributed by atoms with Crippen molar-refractivity contribution >= 4 is 40.0 Å². The molecule has 6 heteroatoms. The van der Waals surface area contributed by atoms with Crippen molar-refractivity contribution in [3.05, 3.63) is 113 Å². The fourth-order valence-electron chi connectivity index (χ4n) is 4.44. The van der Waals surface area contributed by atoms with Crippen molar-refractivity contribution in [3.8, 4) is 0 Å². The second-order valence-corrected chi connectivity index (χ2v) is 8.46. The van der Waals surface area contributed by atoms with Crippen LogP contribution in [0.2, 0.25) is 5.02 Å². The van der Waals surface area contributed by atoms with Crippen LogP contribution in [0.4, 0.5) is 0 Å². The van der Waals surface area contributed by atoms with Crippen LogP contribution in [0.15, 0.2) is 85.6 Å². The van der Waals surface area contributed by atoms with Gasteiger partial charge in [-0.1, -0.05) is 72.8 Å². The maximum Gasteiger partial charge on any atom is 0.259 e. The van der Waals surface area contributed by atoms with Crippen molar-refractivity contribution in [2.45, 2.75) is 5.92 Å². The molecule has 0 bridgehead atoms. The van der Waals surface area contributed by atoms with Crippen LogP contribution in [0, 0.1) is 0 Å². The molecule has 1 aliphatic rings. The number of carbonyl (C=O) groups excluding carboxylic acids is 2. The highest BCUT2D eigenvalue weighted by Crippen LogP contribution is 2.34. The van der Waals surface area contributed by atoms with E-state index in [0.717, 1.165) is 27.6 Å². The van der Waals surface area contributed by atoms with E-state index in [4.69, 9.17) is 11.6 Å². The molecule has 0 aliphatic carbocycles. The standard InChI is InChI=1S/C27H22ClN3O2/c1-17-18-8-2-3-11-21(18)27(33)31(17)16-26(32)30-15-22(19-9-4-6-12-24(19)28)23-14-29-25-13-7-5-10-20(23)25/h2-14,22,29H,1,15-16H2,(H,30,32)/t22-/m0/s1. The molecule has 0 fully saturated rings. The zero-order valence-corrected chi connectivity index (χ0v) is 18.6. The van der Waals surface area contributed by atoms with Gasteiger partial charge in [-0.3, -0.25) is 14.5 Å². The van der Waals surface area contributed by atoms with Crippen LogP contribution >= 0.6 is 11.6 Å². The minimum Gasteiger partial charge on any atom is -0.361 e. The van der Waals surface area contributed by atoms with Gasteiger partial charge in [-0.15, -0.1) is 0 Å². The molecule has 0 saturated heterocycles. The van der Waals surface area contributed by atoms with E-state index in [1.807, 2.05) is 66.9 Å². The van der Waals surface area contributed by atoms with Crippen LogP contribution in [-0.4, -0.2) is 34.8 Å². The van der Waals surface area contributed by atoms with E-state index in [1.165, 1.54) is 4.90 Å². The maximum absolute atomic E-state index is 12.9. The van der Waals surface area contributed by atoms with Crippen molar-refractivity contribution < 1.29 is 9.59 Å². The molecular weight excluding hydrogens is 434 g/mol. The maximum atomic E-state index is 12.9. The Morgan fingerprint density at radius 2 is 1.67 bits per heavy atom. The summed E-state index contributed by atoms with van der Waals surface area (Å²) in [4.78, 5) is 30.4. The summed E-state index contributed by atoms with van der Waals surface area (Å²) in [5.74, 6) is -0.618. The Morgan fingerprint density at radius 3 is 2.45 bits per heavy atom. The summed E-state index contributed by atoms with van der Waals surface area (Å²) < 4.78 is 0. The van der Waals surface area contributed by atoms with Crippen molar-refractivity contribution in [3.63, 3.8) is 0 Å². The number of aromatic nitrogens is 1. The number of amides is 2. The summed E-state index contributed by atoms with van der Waals surface area (Å²) in [5.41, 5.74) is 4.88. The minimum atomic E-state index is -0.255. The molecule has 0 unspecified atom stereocenters. The number of fused-ring (bicyclic) bond motifs is 2. The lowest BCUT2D eigenvalue weighted by atomic mass is 9.90. The molecule has 164 valence electrons. The van der Waals surface area contributed by atoms with Gasteiger partial charge in [0.05, 0.1) is 0 Å². The molecule has 4 aromatic rings. The van der Waals surface area contributed by atoms with Crippen molar-refractivity contribution in [2.75, 3.05) is 13.1 Å². The number of hydrogen-bond donors (Lipinski definition) is 2. The van der Waals surface area contributed by atoms with Gasteiger partial charge >= 0.3 is 0 Å². The van der Waals surface area contributed by atoms with Gasteiger partial charge < -0.3 is 10.3 Å². The number of para-hydroxylation sites is 1. The largest absolute Gasteiger partial charge is 0.361 e. The van der Waals surface area contributed by atoms with Crippen LogP contribution < -0.4 is 5.32 Å². The summed E-state index contributed by atoms with van der Waals surface area (Å²) in [5, 5.41) is 4.73. The van der Waals surface area contributed by atoms with Gasteiger partial charge in [0, 0.05) is 51.4 Å². The van der Waals surface area contributed by atoms with E-state index < -0.39 is 0 Å². The zero-order chi connectivity index (χ0) is 22.9. The smallest absolute Gasteiger partial charge is 0.259 e. The summed E-state index contributed by atoms with van der Waals surface area (Å²) in [7, 11) is 0. The molecule has 3 aromatic carbocycles. The molecule has 0 spiro atoms. The summed E-state index contributed by atoms with van der Waals surface area (Å²) in [6, 6.07) is 23.0. The first-order chi connectivity index (χ1) is 16.0. The molecule has 5 rings (SSSR count). The van der Waals surface area contributed by atoms with Crippen LogP contribution in [-0.2, 0) is 4.79 Å². The average Bonchev–Trinajstić information content (AvgIpc) is 3.36. The fourth-order valence-corrected chi connectivity index (χ4v) is 4.71. The van der Waals surface area contributed by atoms with Crippen molar-refractivity contribution in [1.29, 1.82) is 0 Å². The van der Waals surface area contributed by atoms with Crippen molar-refractivity contribution in [1.82, 2.24) is 15.2 Å². The number of hydrogen-bond acceptors (Lipinski definition) is 2. The number of carbonyl (C=O) groups is 2. The Balaban J connectivity index is 1.37. The van der Waals surface area contributed by atoms with E-state index in [9.17, 15) is 9.59 Å². The Labute approximate surface area is 196 Å². The van der Waals surface area contributed by atoms with Gasteiger partial charge in [-0.2, -0.15) is 0 Å². The minimum absolute atomic E-state index is 0.0878. The number of nitrogens with one attached hydrogen (secondary N) is 2. The molecule has 1 aromatic heterocycles. The van der Waals surface area contributed by atoms with Crippen molar-refractivity contribution in [2.24, 2.45) is 0 Å². The van der Waals surface area contributed by atoms with Crippen LogP contribution in [0.25, 0.3) is 16.6 Å². The summed E-state index contributed by atoms with van der Waals surface area (Å²) in [6.07, 6.45) is 1.97. The SMILES string of the molecule is C=C1c2ccccc2C(=O)N1CC(=O)NC[C@@H](c1ccccc1Cl)c1c[nH]c2ccccc12. The molecule has 1 atom stereocenters. The van der Waals surface area contributed by atoms with Gasteiger partial charge in [0.15, 0.2) is 0 Å². The quantitative estimate of drug-likeness (QED) is 0.420. The second-order valence-electron chi connectivity index (χ2n) is 8.05. The third kappa shape index (κ3) is 3.81. The highest BCUT2D eigenvalue weighted by atomic mass is 35.5. The predicted molar refractivity (Wildman–Crippen MR) is 131 cm³/mol. The number of nitrogens with zero attached hydrogens (tertiary/aromatic N) is 1. The van der Waals surface area contributed by atoms with Gasteiger partial charge in [0.1, 0.15) is 6.54 Å². The first kappa shape index (κ1) is 21.0. The lowest BCUT2D eigenvalue weighted by molar-refractivity contribution is -0.121. The molecule has 0 radical (unpaired) electrons. The van der Waals surface area contributed by atoms with Crippen LogP contribution in [0.3, 0.4) is 0 Å². The molecule has 33 heavy (non-hydrogen) atoms. The second kappa shape index (κ2) is 8.60. The summed E-state index contributed by atoms with van der Waals surface area (Å²) >= 11 is 6.54. The average molecular weight is 456 g/mol. The zero-order valence-electron chi connectivity index (χ0n) is 17.8. The Kier molecular flexibility index (Phi) is 5.48. The Morgan fingerprint density at radius 1 is 0.970 bits per heavy atom. The Hall–Kier alpha value is -3.83. The molecule has 2 heterocycles. The third-order valence-electron chi connectivity index (χ3n) is 6.12. The lowest BCUT2D eigenvalue weighted by Gasteiger charge is -2.21. The molecular formula is C27H22ClN3O2. The first-order valence-electron chi connectivity index (χ1n) is 10.7. The van der Waals surface area contributed by atoms with Crippen LogP contribution in [0.1, 0.15) is 33.0 Å². The summed E-state index contributed by atoms with van der Waals surface area (Å²) in [6.45, 7) is 4.26. The van der Waals surface area contributed by atoms with Gasteiger partial charge in [0.2, 0.25) is 5.91 Å². The number of rotatable bonds is 6. The lowest BCUT2D eigenvalue weighted by Crippen LogP contribution is -2.38. The molecule has 2 amide bonds. The monoisotopic (exact) mass is 455 g/mol. The Bertz CT molecular complexity index is 1360. The van der Waals surface area contributed by atoms with Gasteiger partial charge in [0.25, 0.3) is 5.91 Å². The number of halogens is 1. The fraction of sp³-hybridized carbons (Fsp3) is 0.111. The van der Waals surface area contributed by atoms with E-state index in [1.54, 1.807) is 6.07 Å². The van der Waals surface area contributed by atoms with E-state index in [0.29, 0.717) is 22.8 Å². The molecule has 1 aliphatic heterocycles. The molecule has 0 saturated carbocycles. The topological polar surface area (TPSA) is 65.2 Å². The highest BCUT2D eigenvalue weighted by molar-refractivity contribution is 6.31. The van der Waals surface area contributed by atoms with Crippen LogP contribution in [0.5, 0.6) is 0 Å². The third-order valence-corrected chi connectivity index (χ3v) is 6.47. The van der Waals surface area contributed by atoms with Gasteiger partial charge in [-0.25, -0.2) is 0 Å².